The lowest BCUT2D eigenvalue weighted by Crippen LogP contribution is -2.44. The van der Waals surface area contributed by atoms with E-state index in [1.807, 2.05) is 22.6 Å². The number of aromatic nitrogens is 3. The van der Waals surface area contributed by atoms with Gasteiger partial charge >= 0.3 is 5.69 Å². The van der Waals surface area contributed by atoms with Gasteiger partial charge in [-0.25, -0.2) is 18.1 Å². The minimum atomic E-state index is -0.915. The molecule has 1 fully saturated rings. The van der Waals surface area contributed by atoms with Crippen molar-refractivity contribution < 1.29 is 23.0 Å². The average molecular weight is 637 g/mol. The van der Waals surface area contributed by atoms with Crippen LogP contribution in [0.4, 0.5) is 8.78 Å². The van der Waals surface area contributed by atoms with E-state index in [0.717, 1.165) is 25.8 Å². The number of fused-ring (bicyclic) bond motifs is 1. The summed E-state index contributed by atoms with van der Waals surface area (Å²) in [6.07, 6.45) is -0.650. The van der Waals surface area contributed by atoms with Gasteiger partial charge in [-0.1, -0.05) is 6.07 Å². The van der Waals surface area contributed by atoms with Gasteiger partial charge in [0.1, 0.15) is 40.3 Å². The highest BCUT2D eigenvalue weighted by Gasteiger charge is 2.34. The Morgan fingerprint density at radius 1 is 1.11 bits per heavy atom. The van der Waals surface area contributed by atoms with Gasteiger partial charge in [-0.05, 0) is 66.8 Å². The number of ether oxygens (including phenoxy) is 3. The molecule has 4 aromatic rings. The molecule has 9 nitrogen and oxygen atoms in total. The summed E-state index contributed by atoms with van der Waals surface area (Å²) in [6.45, 7) is 3.33. The van der Waals surface area contributed by atoms with E-state index in [0.29, 0.717) is 3.57 Å². The molecule has 0 saturated carbocycles. The normalized spacial score (nSPS) is 16.7. The molecule has 1 aliphatic heterocycles. The van der Waals surface area contributed by atoms with Crippen molar-refractivity contribution in [2.24, 2.45) is 7.05 Å². The Hall–Kier alpha value is -3.36. The fourth-order valence-corrected chi connectivity index (χ4v) is 4.85. The summed E-state index contributed by atoms with van der Waals surface area (Å²) in [5.74, 6) is -2.43. The molecule has 0 unspecified atom stereocenters. The van der Waals surface area contributed by atoms with Crippen molar-refractivity contribution in [1.29, 1.82) is 0 Å². The van der Waals surface area contributed by atoms with Crippen LogP contribution in [-0.2, 0) is 23.1 Å². The molecular weight excluding hydrogens is 615 g/mol. The van der Waals surface area contributed by atoms with E-state index >= 15 is 4.39 Å². The molecule has 198 valence electrons. The van der Waals surface area contributed by atoms with Crippen molar-refractivity contribution in [3.63, 3.8) is 0 Å². The molecule has 0 bridgehead atoms. The van der Waals surface area contributed by atoms with E-state index < -0.39 is 40.3 Å². The number of aryl methyl sites for hydroxylation is 1. The van der Waals surface area contributed by atoms with Crippen LogP contribution in [0.15, 0.2) is 62.9 Å². The predicted octanol–water partition coefficient (Wildman–Crippen LogP) is 3.68. The van der Waals surface area contributed by atoms with Gasteiger partial charge in [0.2, 0.25) is 0 Å². The molecule has 3 heterocycles. The molecular formula is C26H22F2IN3O6. The summed E-state index contributed by atoms with van der Waals surface area (Å²) in [7, 11) is 1.36. The predicted molar refractivity (Wildman–Crippen MR) is 143 cm³/mol. The van der Waals surface area contributed by atoms with Crippen molar-refractivity contribution in [2.45, 2.75) is 32.3 Å². The Morgan fingerprint density at radius 3 is 2.53 bits per heavy atom. The number of pyridine rings is 1. The van der Waals surface area contributed by atoms with Gasteiger partial charge in [-0.2, -0.15) is 0 Å². The Labute approximate surface area is 227 Å². The molecule has 38 heavy (non-hydrogen) atoms. The summed E-state index contributed by atoms with van der Waals surface area (Å²) in [5, 5.41) is -0.174. The van der Waals surface area contributed by atoms with Crippen LogP contribution in [0.2, 0.25) is 0 Å². The van der Waals surface area contributed by atoms with Crippen LogP contribution in [0.3, 0.4) is 0 Å². The van der Waals surface area contributed by atoms with Gasteiger partial charge in [-0.3, -0.25) is 18.7 Å². The van der Waals surface area contributed by atoms with Crippen LogP contribution < -0.4 is 21.5 Å². The number of hydrogen-bond acceptors (Lipinski definition) is 6. The first-order valence-electron chi connectivity index (χ1n) is 11.6. The summed E-state index contributed by atoms with van der Waals surface area (Å²) in [4.78, 5) is 40.6. The topological polar surface area (TPSA) is 93.7 Å². The third kappa shape index (κ3) is 4.78. The average Bonchev–Trinajstić information content (AvgIpc) is 3.19. The van der Waals surface area contributed by atoms with Crippen molar-refractivity contribution in [2.75, 3.05) is 6.61 Å². The van der Waals surface area contributed by atoms with Gasteiger partial charge in [0.25, 0.3) is 11.1 Å². The first-order chi connectivity index (χ1) is 17.9. The summed E-state index contributed by atoms with van der Waals surface area (Å²) in [5.41, 5.74) is -2.65. The fourth-order valence-electron chi connectivity index (χ4n) is 4.39. The molecule has 1 aliphatic rings. The molecule has 0 radical (unpaired) electrons. The monoisotopic (exact) mass is 637 g/mol. The molecule has 1 saturated heterocycles. The van der Waals surface area contributed by atoms with Crippen LogP contribution in [0, 0.1) is 15.2 Å². The number of hydrogen-bond donors (Lipinski definition) is 0. The Morgan fingerprint density at radius 2 is 1.87 bits per heavy atom. The van der Waals surface area contributed by atoms with Crippen LogP contribution in [0.25, 0.3) is 16.7 Å². The molecule has 0 N–H and O–H groups in total. The van der Waals surface area contributed by atoms with Crippen molar-refractivity contribution in [3.8, 4) is 17.2 Å². The molecule has 5 rings (SSSR count). The highest BCUT2D eigenvalue weighted by molar-refractivity contribution is 14.1. The minimum Gasteiger partial charge on any atom is -0.456 e. The van der Waals surface area contributed by atoms with Crippen LogP contribution >= 0.6 is 22.6 Å². The molecule has 12 heteroatoms. The lowest BCUT2D eigenvalue weighted by atomic mass is 10.2. The Bertz CT molecular complexity index is 1760. The summed E-state index contributed by atoms with van der Waals surface area (Å²) >= 11 is 1.93. The number of rotatable bonds is 5. The van der Waals surface area contributed by atoms with Gasteiger partial charge in [0, 0.05) is 22.8 Å². The van der Waals surface area contributed by atoms with E-state index in [4.69, 9.17) is 14.2 Å². The standard InChI is InChI=1S/C26H22F2IN3O6/c1-26(2)36-13-17(38-26)12-31-24(34)22-20(37-16-6-4-5-14(27)9-16)11-21(33)30(3)23(22)32(25(31)35)19-8-7-15(29)10-18(19)28/h4-11,17H,12-13H2,1-3H3/t17-/m0/s1. The van der Waals surface area contributed by atoms with Gasteiger partial charge in [-0.15, -0.1) is 0 Å². The zero-order chi connectivity index (χ0) is 27.4. The first kappa shape index (κ1) is 26.3. The number of benzene rings is 2. The molecule has 2 aromatic carbocycles. The highest BCUT2D eigenvalue weighted by Crippen LogP contribution is 2.28. The Balaban J connectivity index is 1.85. The lowest BCUT2D eigenvalue weighted by Gasteiger charge is -2.20. The maximum Gasteiger partial charge on any atom is 0.337 e. The SMILES string of the molecule is Cn1c(=O)cc(Oc2cccc(F)c2)c2c(=O)n(C[C@H]3COC(C)(C)O3)c(=O)n(-c3ccc(I)cc3F)c21. The van der Waals surface area contributed by atoms with Gasteiger partial charge in [0.05, 0.1) is 18.8 Å². The lowest BCUT2D eigenvalue weighted by molar-refractivity contribution is -0.139. The maximum absolute atomic E-state index is 15.3. The Kier molecular flexibility index (Phi) is 6.73. The second kappa shape index (κ2) is 9.75. The quantitative estimate of drug-likeness (QED) is 0.310. The van der Waals surface area contributed by atoms with Gasteiger partial charge in [0.15, 0.2) is 5.79 Å². The third-order valence-electron chi connectivity index (χ3n) is 6.09. The van der Waals surface area contributed by atoms with Crippen molar-refractivity contribution >= 4 is 33.6 Å². The second-order valence-corrected chi connectivity index (χ2v) is 10.5. The van der Waals surface area contributed by atoms with Crippen LogP contribution in [-0.4, -0.2) is 32.2 Å². The smallest absolute Gasteiger partial charge is 0.337 e. The molecule has 0 amide bonds. The maximum atomic E-state index is 15.3. The number of halogens is 3. The van der Waals surface area contributed by atoms with Crippen LogP contribution in [0.1, 0.15) is 13.8 Å². The van der Waals surface area contributed by atoms with Crippen molar-refractivity contribution in [3.05, 3.63) is 94.9 Å². The third-order valence-corrected chi connectivity index (χ3v) is 6.76. The van der Waals surface area contributed by atoms with Crippen molar-refractivity contribution in [1.82, 2.24) is 13.7 Å². The summed E-state index contributed by atoms with van der Waals surface area (Å²) in [6, 6.07) is 10.4. The van der Waals surface area contributed by atoms with E-state index in [2.05, 4.69) is 0 Å². The van der Waals surface area contributed by atoms with Crippen LogP contribution in [0.5, 0.6) is 11.5 Å². The minimum absolute atomic E-state index is 0.0259. The number of nitrogens with zero attached hydrogens (tertiary/aromatic N) is 3. The van der Waals surface area contributed by atoms with E-state index in [-0.39, 0.29) is 41.4 Å². The second-order valence-electron chi connectivity index (χ2n) is 9.24. The fraction of sp³-hybridized carbons (Fsp3) is 0.269. The zero-order valence-corrected chi connectivity index (χ0v) is 22.7. The molecule has 0 spiro atoms. The molecule has 2 aromatic heterocycles. The van der Waals surface area contributed by atoms with E-state index in [1.165, 1.54) is 37.4 Å². The van der Waals surface area contributed by atoms with E-state index in [1.54, 1.807) is 19.9 Å². The molecule has 0 aliphatic carbocycles. The first-order valence-corrected chi connectivity index (χ1v) is 12.6. The van der Waals surface area contributed by atoms with E-state index in [9.17, 15) is 18.8 Å². The summed E-state index contributed by atoms with van der Waals surface area (Å²) < 4.78 is 49.8. The highest BCUT2D eigenvalue weighted by atomic mass is 127. The van der Waals surface area contributed by atoms with Gasteiger partial charge < -0.3 is 14.2 Å². The largest absolute Gasteiger partial charge is 0.456 e. The zero-order valence-electron chi connectivity index (χ0n) is 20.5. The molecule has 1 atom stereocenters.